The summed E-state index contributed by atoms with van der Waals surface area (Å²) >= 11 is 0. The number of carbonyl (C=O) groups excluding carboxylic acids is 1. The first-order valence-corrected chi connectivity index (χ1v) is 7.25. The lowest BCUT2D eigenvalue weighted by Gasteiger charge is -2.18. The summed E-state index contributed by atoms with van der Waals surface area (Å²) in [6.45, 7) is 1.64. The summed E-state index contributed by atoms with van der Waals surface area (Å²) in [5, 5.41) is 0.902. The van der Waals surface area contributed by atoms with Crippen molar-refractivity contribution in [3.63, 3.8) is 0 Å². The van der Waals surface area contributed by atoms with Crippen molar-refractivity contribution in [2.24, 2.45) is 17.6 Å². The van der Waals surface area contributed by atoms with Gasteiger partial charge in [-0.1, -0.05) is 18.2 Å². The lowest BCUT2D eigenvalue weighted by Crippen LogP contribution is -2.33. The maximum absolute atomic E-state index is 12.7. The highest BCUT2D eigenvalue weighted by Crippen LogP contribution is 2.38. The van der Waals surface area contributed by atoms with Crippen LogP contribution in [0.25, 0.3) is 11.0 Å². The summed E-state index contributed by atoms with van der Waals surface area (Å²) in [5.41, 5.74) is 7.58. The van der Waals surface area contributed by atoms with E-state index in [9.17, 15) is 4.79 Å². The van der Waals surface area contributed by atoms with Gasteiger partial charge in [0.1, 0.15) is 11.8 Å². The smallest absolute Gasteiger partial charge is 0.257 e. The van der Waals surface area contributed by atoms with Gasteiger partial charge >= 0.3 is 0 Å². The summed E-state index contributed by atoms with van der Waals surface area (Å²) in [5.74, 6) is 1.15. The van der Waals surface area contributed by atoms with Crippen molar-refractivity contribution in [3.05, 3.63) is 36.1 Å². The van der Waals surface area contributed by atoms with E-state index in [0.29, 0.717) is 17.4 Å². The van der Waals surface area contributed by atoms with Crippen molar-refractivity contribution in [2.45, 2.75) is 18.9 Å². The highest BCUT2D eigenvalue weighted by atomic mass is 16.3. The van der Waals surface area contributed by atoms with Gasteiger partial charge in [-0.25, -0.2) is 0 Å². The van der Waals surface area contributed by atoms with Crippen molar-refractivity contribution in [1.82, 2.24) is 4.90 Å². The number of amides is 1. The maximum Gasteiger partial charge on any atom is 0.257 e. The molecule has 4 nitrogen and oxygen atoms in total. The molecule has 0 bridgehead atoms. The van der Waals surface area contributed by atoms with Crippen molar-refractivity contribution >= 4 is 16.9 Å². The lowest BCUT2D eigenvalue weighted by molar-refractivity contribution is 0.0780. The summed E-state index contributed by atoms with van der Waals surface area (Å²) in [7, 11) is 0. The third-order valence-electron chi connectivity index (χ3n) is 4.91. The summed E-state index contributed by atoms with van der Waals surface area (Å²) in [6.07, 6.45) is 3.84. The van der Waals surface area contributed by atoms with Crippen LogP contribution in [0.2, 0.25) is 0 Å². The molecule has 1 aromatic carbocycles. The fourth-order valence-corrected chi connectivity index (χ4v) is 3.79. The third-order valence-corrected chi connectivity index (χ3v) is 4.91. The first-order valence-electron chi connectivity index (χ1n) is 7.25. The molecule has 0 radical (unpaired) electrons. The van der Waals surface area contributed by atoms with E-state index in [4.69, 9.17) is 10.2 Å². The molecular formula is C16H18N2O2. The van der Waals surface area contributed by atoms with E-state index < -0.39 is 0 Å². The summed E-state index contributed by atoms with van der Waals surface area (Å²) < 4.78 is 5.47. The van der Waals surface area contributed by atoms with Gasteiger partial charge in [-0.15, -0.1) is 0 Å². The average Bonchev–Trinajstić information content (AvgIpc) is 3.14. The number of hydrogen-bond donors (Lipinski definition) is 1. The molecule has 1 aliphatic heterocycles. The van der Waals surface area contributed by atoms with Gasteiger partial charge in [0.15, 0.2) is 0 Å². The number of furan rings is 1. The fraction of sp³-hybridized carbons (Fsp3) is 0.438. The predicted octanol–water partition coefficient (Wildman–Crippen LogP) is 2.24. The van der Waals surface area contributed by atoms with Gasteiger partial charge in [0.05, 0.1) is 5.56 Å². The molecule has 2 heterocycles. The molecule has 2 aromatic rings. The standard InChI is InChI=1S/C16H18N2O2/c17-14-6-5-10-7-18(8-12(10)14)16(19)13-9-20-15-4-2-1-3-11(13)15/h1-4,9-10,12,14H,5-8,17H2/t10-,12-,14+/m0/s1. The van der Waals surface area contributed by atoms with Crippen molar-refractivity contribution < 1.29 is 9.21 Å². The van der Waals surface area contributed by atoms with Gasteiger partial charge in [0.2, 0.25) is 0 Å². The minimum atomic E-state index is 0.0801. The van der Waals surface area contributed by atoms with E-state index in [2.05, 4.69) is 0 Å². The van der Waals surface area contributed by atoms with Gasteiger partial charge < -0.3 is 15.1 Å². The highest BCUT2D eigenvalue weighted by Gasteiger charge is 2.42. The lowest BCUT2D eigenvalue weighted by atomic mass is 9.98. The van der Waals surface area contributed by atoms with Crippen LogP contribution >= 0.6 is 0 Å². The first-order chi connectivity index (χ1) is 9.74. The van der Waals surface area contributed by atoms with Crippen molar-refractivity contribution in [3.8, 4) is 0 Å². The third kappa shape index (κ3) is 1.68. The fourth-order valence-electron chi connectivity index (χ4n) is 3.79. The zero-order chi connectivity index (χ0) is 13.7. The monoisotopic (exact) mass is 270 g/mol. The molecule has 1 amide bonds. The van der Waals surface area contributed by atoms with E-state index in [0.717, 1.165) is 36.9 Å². The maximum atomic E-state index is 12.7. The number of likely N-dealkylation sites (tertiary alicyclic amines) is 1. The molecule has 4 rings (SSSR count). The Morgan fingerprint density at radius 1 is 1.25 bits per heavy atom. The molecule has 104 valence electrons. The molecule has 3 atom stereocenters. The molecule has 0 spiro atoms. The largest absolute Gasteiger partial charge is 0.463 e. The number of fused-ring (bicyclic) bond motifs is 2. The number of para-hydroxylation sites is 1. The average molecular weight is 270 g/mol. The molecule has 20 heavy (non-hydrogen) atoms. The van der Waals surface area contributed by atoms with Crippen LogP contribution in [0.5, 0.6) is 0 Å². The van der Waals surface area contributed by atoms with Crippen LogP contribution in [0.4, 0.5) is 0 Å². The van der Waals surface area contributed by atoms with E-state index in [1.165, 1.54) is 0 Å². The highest BCUT2D eigenvalue weighted by molar-refractivity contribution is 6.06. The Hall–Kier alpha value is -1.81. The second-order valence-corrected chi connectivity index (χ2v) is 6.02. The zero-order valence-electron chi connectivity index (χ0n) is 11.3. The Bertz CT molecular complexity index is 663. The van der Waals surface area contributed by atoms with E-state index in [-0.39, 0.29) is 11.9 Å². The minimum Gasteiger partial charge on any atom is -0.463 e. The van der Waals surface area contributed by atoms with Crippen LogP contribution in [0.15, 0.2) is 34.9 Å². The van der Waals surface area contributed by atoms with Gasteiger partial charge in [0, 0.05) is 24.5 Å². The van der Waals surface area contributed by atoms with Crippen LogP contribution in [-0.2, 0) is 0 Å². The Labute approximate surface area is 117 Å². The number of carbonyl (C=O) groups is 1. The second kappa shape index (κ2) is 4.35. The second-order valence-electron chi connectivity index (χ2n) is 6.02. The first kappa shape index (κ1) is 12.0. The van der Waals surface area contributed by atoms with Crippen molar-refractivity contribution in [1.29, 1.82) is 0 Å². The predicted molar refractivity (Wildman–Crippen MR) is 76.3 cm³/mol. The van der Waals surface area contributed by atoms with Gasteiger partial charge in [-0.05, 0) is 30.7 Å². The quantitative estimate of drug-likeness (QED) is 0.864. The van der Waals surface area contributed by atoms with E-state index in [1.807, 2.05) is 29.2 Å². The van der Waals surface area contributed by atoms with E-state index in [1.54, 1.807) is 6.26 Å². The van der Waals surface area contributed by atoms with Gasteiger partial charge in [0.25, 0.3) is 5.91 Å². The van der Waals surface area contributed by atoms with Crippen LogP contribution in [0.1, 0.15) is 23.2 Å². The molecule has 1 aromatic heterocycles. The molecular weight excluding hydrogens is 252 g/mol. The van der Waals surface area contributed by atoms with Crippen LogP contribution in [0, 0.1) is 11.8 Å². The number of rotatable bonds is 1. The number of nitrogens with zero attached hydrogens (tertiary/aromatic N) is 1. The minimum absolute atomic E-state index is 0.0801. The van der Waals surface area contributed by atoms with Gasteiger partial charge in [-0.2, -0.15) is 0 Å². The molecule has 1 saturated carbocycles. The molecule has 0 unspecified atom stereocenters. The Morgan fingerprint density at radius 2 is 2.10 bits per heavy atom. The van der Waals surface area contributed by atoms with Crippen molar-refractivity contribution in [2.75, 3.05) is 13.1 Å². The summed E-state index contributed by atoms with van der Waals surface area (Å²) in [4.78, 5) is 14.6. The zero-order valence-corrected chi connectivity index (χ0v) is 11.3. The Kier molecular flexibility index (Phi) is 2.60. The number of benzene rings is 1. The molecule has 2 aliphatic rings. The number of hydrogen-bond acceptors (Lipinski definition) is 3. The van der Waals surface area contributed by atoms with Crippen LogP contribution < -0.4 is 5.73 Å². The SMILES string of the molecule is N[C@@H]1CC[C@H]2CN(C(=O)c3coc4ccccc34)C[C@@H]21. The van der Waals surface area contributed by atoms with Crippen LogP contribution in [0.3, 0.4) is 0 Å². The topological polar surface area (TPSA) is 59.5 Å². The van der Waals surface area contributed by atoms with Gasteiger partial charge in [-0.3, -0.25) is 4.79 Å². The molecule has 2 N–H and O–H groups in total. The Balaban J connectivity index is 1.62. The molecule has 1 saturated heterocycles. The van der Waals surface area contributed by atoms with Crippen LogP contribution in [-0.4, -0.2) is 29.9 Å². The van der Waals surface area contributed by atoms with E-state index >= 15 is 0 Å². The Morgan fingerprint density at radius 3 is 2.95 bits per heavy atom. The normalized spacial score (nSPS) is 29.1. The number of nitrogens with two attached hydrogens (primary N) is 1. The molecule has 1 aliphatic carbocycles. The summed E-state index contributed by atoms with van der Waals surface area (Å²) in [6, 6.07) is 7.94. The molecule has 2 fully saturated rings. The molecule has 4 heteroatoms.